The van der Waals surface area contributed by atoms with E-state index < -0.39 is 11.9 Å². The molecule has 2 aromatic rings. The summed E-state index contributed by atoms with van der Waals surface area (Å²) in [5, 5.41) is 1.83. The molecule has 0 unspecified atom stereocenters. The highest BCUT2D eigenvalue weighted by atomic mass is 32.1. The minimum absolute atomic E-state index is 0.185. The van der Waals surface area contributed by atoms with Crippen molar-refractivity contribution in [3.8, 4) is 10.6 Å². The van der Waals surface area contributed by atoms with Crippen LogP contribution in [0.15, 0.2) is 23.6 Å². The Balaban J connectivity index is 2.03. The fourth-order valence-corrected chi connectivity index (χ4v) is 3.33. The van der Waals surface area contributed by atoms with Crippen LogP contribution in [0.1, 0.15) is 25.5 Å². The van der Waals surface area contributed by atoms with E-state index in [0.29, 0.717) is 24.7 Å². The van der Waals surface area contributed by atoms with Gasteiger partial charge in [-0.25, -0.2) is 9.97 Å². The summed E-state index contributed by atoms with van der Waals surface area (Å²) >= 11 is 1.38. The third kappa shape index (κ3) is 3.24. The van der Waals surface area contributed by atoms with Gasteiger partial charge in [0.15, 0.2) is 5.69 Å². The van der Waals surface area contributed by atoms with Gasteiger partial charge in [-0.3, -0.25) is 0 Å². The fourth-order valence-electron chi connectivity index (χ4n) is 2.64. The van der Waals surface area contributed by atoms with Crippen molar-refractivity contribution in [2.75, 3.05) is 18.0 Å². The van der Waals surface area contributed by atoms with Gasteiger partial charge in [0, 0.05) is 13.1 Å². The number of alkyl halides is 3. The first kappa shape index (κ1) is 15.3. The molecule has 0 radical (unpaired) electrons. The monoisotopic (exact) mass is 327 g/mol. The van der Waals surface area contributed by atoms with Gasteiger partial charge < -0.3 is 4.90 Å². The molecule has 0 bridgehead atoms. The summed E-state index contributed by atoms with van der Waals surface area (Å²) in [4.78, 5) is 10.7. The molecule has 3 heterocycles. The van der Waals surface area contributed by atoms with Crippen LogP contribution in [0.5, 0.6) is 0 Å². The van der Waals surface area contributed by atoms with Crippen LogP contribution in [-0.4, -0.2) is 23.1 Å². The molecule has 0 spiro atoms. The third-order valence-corrected chi connectivity index (χ3v) is 4.61. The van der Waals surface area contributed by atoms with Crippen molar-refractivity contribution in [3.63, 3.8) is 0 Å². The quantitative estimate of drug-likeness (QED) is 0.815. The molecule has 1 aliphatic heterocycles. The second-order valence-corrected chi connectivity index (χ2v) is 6.55. The zero-order valence-corrected chi connectivity index (χ0v) is 12.9. The van der Waals surface area contributed by atoms with Crippen molar-refractivity contribution >= 4 is 17.3 Å². The summed E-state index contributed by atoms with van der Waals surface area (Å²) in [6.45, 7) is 3.50. The van der Waals surface area contributed by atoms with Gasteiger partial charge in [0.2, 0.25) is 5.95 Å². The Hall–Kier alpha value is -1.63. The van der Waals surface area contributed by atoms with Gasteiger partial charge in [-0.15, -0.1) is 11.3 Å². The average molecular weight is 327 g/mol. The summed E-state index contributed by atoms with van der Waals surface area (Å²) in [6, 6.07) is 4.61. The maximum Gasteiger partial charge on any atom is 0.433 e. The lowest BCUT2D eigenvalue weighted by Gasteiger charge is -2.31. The van der Waals surface area contributed by atoms with Gasteiger partial charge in [-0.1, -0.05) is 13.0 Å². The minimum atomic E-state index is -4.47. The molecule has 118 valence electrons. The molecule has 0 aliphatic carbocycles. The van der Waals surface area contributed by atoms with E-state index in [0.717, 1.165) is 23.8 Å². The van der Waals surface area contributed by atoms with Crippen LogP contribution in [0, 0.1) is 5.92 Å². The molecule has 1 aliphatic rings. The predicted octanol–water partition coefficient (Wildman–Crippen LogP) is 4.46. The van der Waals surface area contributed by atoms with E-state index in [9.17, 15) is 13.2 Å². The smallest absolute Gasteiger partial charge is 0.341 e. The number of aromatic nitrogens is 2. The molecule has 2 aromatic heterocycles. The van der Waals surface area contributed by atoms with Crippen LogP contribution >= 0.6 is 11.3 Å². The van der Waals surface area contributed by atoms with Gasteiger partial charge in [-0.2, -0.15) is 13.2 Å². The summed E-state index contributed by atoms with van der Waals surface area (Å²) in [7, 11) is 0. The number of nitrogens with zero attached hydrogens (tertiary/aromatic N) is 3. The molecule has 1 atom stereocenters. The van der Waals surface area contributed by atoms with Crippen LogP contribution in [0.25, 0.3) is 10.6 Å². The van der Waals surface area contributed by atoms with Crippen molar-refractivity contribution in [2.45, 2.75) is 25.9 Å². The molecule has 1 fully saturated rings. The Morgan fingerprint density at radius 3 is 2.77 bits per heavy atom. The molecule has 0 amide bonds. The van der Waals surface area contributed by atoms with E-state index in [-0.39, 0.29) is 5.95 Å². The summed E-state index contributed by atoms with van der Waals surface area (Å²) in [5.41, 5.74) is -0.537. The minimum Gasteiger partial charge on any atom is -0.341 e. The van der Waals surface area contributed by atoms with Gasteiger partial charge >= 0.3 is 6.18 Å². The van der Waals surface area contributed by atoms with E-state index in [1.165, 1.54) is 11.3 Å². The SMILES string of the molecule is C[C@@H]1CCCN(c2nc(-c3cccs3)cc(C(F)(F)F)n2)C1. The van der Waals surface area contributed by atoms with Crippen LogP contribution in [0.4, 0.5) is 19.1 Å². The van der Waals surface area contributed by atoms with Gasteiger partial charge in [-0.05, 0) is 36.3 Å². The van der Waals surface area contributed by atoms with Crippen LogP contribution < -0.4 is 4.90 Å². The molecule has 3 rings (SSSR count). The van der Waals surface area contributed by atoms with Crippen LogP contribution in [0.2, 0.25) is 0 Å². The van der Waals surface area contributed by atoms with Crippen molar-refractivity contribution in [3.05, 3.63) is 29.3 Å². The molecule has 0 aromatic carbocycles. The number of thiophene rings is 1. The number of rotatable bonds is 2. The highest BCUT2D eigenvalue weighted by Gasteiger charge is 2.34. The third-order valence-electron chi connectivity index (χ3n) is 3.72. The van der Waals surface area contributed by atoms with Crippen molar-refractivity contribution in [2.24, 2.45) is 5.92 Å². The highest BCUT2D eigenvalue weighted by molar-refractivity contribution is 7.13. The summed E-state index contributed by atoms with van der Waals surface area (Å²) in [6.07, 6.45) is -2.42. The maximum atomic E-state index is 13.1. The topological polar surface area (TPSA) is 29.0 Å². The van der Waals surface area contributed by atoms with Crippen LogP contribution in [-0.2, 0) is 6.18 Å². The number of anilines is 1. The van der Waals surface area contributed by atoms with Gasteiger partial charge in [0.1, 0.15) is 0 Å². The number of hydrogen-bond donors (Lipinski definition) is 0. The first-order chi connectivity index (χ1) is 10.4. The fraction of sp³-hybridized carbons (Fsp3) is 0.467. The Labute approximate surface area is 130 Å². The Morgan fingerprint density at radius 1 is 1.32 bits per heavy atom. The molecule has 7 heteroatoms. The lowest BCUT2D eigenvalue weighted by molar-refractivity contribution is -0.141. The first-order valence-electron chi connectivity index (χ1n) is 7.18. The zero-order chi connectivity index (χ0) is 15.7. The Morgan fingerprint density at radius 2 is 2.14 bits per heavy atom. The first-order valence-corrected chi connectivity index (χ1v) is 8.06. The molecular weight excluding hydrogens is 311 g/mol. The highest BCUT2D eigenvalue weighted by Crippen LogP contribution is 2.33. The summed E-state index contributed by atoms with van der Waals surface area (Å²) < 4.78 is 39.4. The van der Waals surface area contributed by atoms with E-state index in [1.54, 1.807) is 12.1 Å². The molecule has 0 saturated carbocycles. The van der Waals surface area contributed by atoms with Gasteiger partial charge in [0.05, 0.1) is 10.6 Å². The molecular formula is C15H16F3N3S. The average Bonchev–Trinajstić information content (AvgIpc) is 3.00. The van der Waals surface area contributed by atoms with E-state index in [4.69, 9.17) is 0 Å². The number of hydrogen-bond acceptors (Lipinski definition) is 4. The Kier molecular flexibility index (Phi) is 4.08. The second-order valence-electron chi connectivity index (χ2n) is 5.61. The maximum absolute atomic E-state index is 13.1. The predicted molar refractivity (Wildman–Crippen MR) is 81.0 cm³/mol. The van der Waals surface area contributed by atoms with E-state index in [2.05, 4.69) is 16.9 Å². The molecule has 3 nitrogen and oxygen atoms in total. The van der Waals surface area contributed by atoms with E-state index >= 15 is 0 Å². The number of halogens is 3. The lowest BCUT2D eigenvalue weighted by Crippen LogP contribution is -2.36. The van der Waals surface area contributed by atoms with Gasteiger partial charge in [0.25, 0.3) is 0 Å². The molecule has 1 saturated heterocycles. The molecule has 0 N–H and O–H groups in total. The van der Waals surface area contributed by atoms with Crippen molar-refractivity contribution in [1.82, 2.24) is 9.97 Å². The Bertz CT molecular complexity index is 640. The van der Waals surface area contributed by atoms with Crippen LogP contribution in [0.3, 0.4) is 0 Å². The van der Waals surface area contributed by atoms with Crippen molar-refractivity contribution < 1.29 is 13.2 Å². The lowest BCUT2D eigenvalue weighted by atomic mass is 10.0. The number of piperidine rings is 1. The molecule has 22 heavy (non-hydrogen) atoms. The van der Waals surface area contributed by atoms with Crippen molar-refractivity contribution in [1.29, 1.82) is 0 Å². The largest absolute Gasteiger partial charge is 0.433 e. The zero-order valence-electron chi connectivity index (χ0n) is 12.1. The summed E-state index contributed by atoms with van der Waals surface area (Å²) in [5.74, 6) is 0.627. The van der Waals surface area contributed by atoms with E-state index in [1.807, 2.05) is 10.3 Å². The second kappa shape index (κ2) is 5.87. The standard InChI is InChI=1S/C15H16F3N3S/c1-10-4-2-6-21(9-10)14-19-11(12-5-3-7-22-12)8-13(20-14)15(16,17)18/h3,5,7-8,10H,2,4,6,9H2,1H3/t10-/m1/s1. The normalized spacial score (nSPS) is 19.5.